The number of nitrogens with zero attached hydrogens (tertiary/aromatic N) is 2. The predicted molar refractivity (Wildman–Crippen MR) is 59.8 cm³/mol. The van der Waals surface area contributed by atoms with E-state index in [0.29, 0.717) is 17.5 Å². The van der Waals surface area contributed by atoms with Crippen LogP contribution in [0.1, 0.15) is 5.82 Å². The maximum absolute atomic E-state index is 5.97. The molecule has 1 aliphatic heterocycles. The summed E-state index contributed by atoms with van der Waals surface area (Å²) in [4.78, 5) is 4.43. The number of imidazole rings is 1. The van der Waals surface area contributed by atoms with Gasteiger partial charge >= 0.3 is 0 Å². The molecule has 0 bridgehead atoms. The van der Waals surface area contributed by atoms with Gasteiger partial charge in [-0.25, -0.2) is 4.98 Å². The molecule has 0 fully saturated rings. The highest BCUT2D eigenvalue weighted by molar-refractivity contribution is 6.31. The van der Waals surface area contributed by atoms with Crippen molar-refractivity contribution >= 4 is 34.2 Å². The minimum Gasteiger partial charge on any atom is -0.489 e. The van der Waals surface area contributed by atoms with Crippen LogP contribution in [-0.4, -0.2) is 16.2 Å². The van der Waals surface area contributed by atoms with Gasteiger partial charge in [-0.05, 0) is 6.07 Å². The van der Waals surface area contributed by atoms with Crippen LogP contribution in [0.3, 0.4) is 0 Å². The van der Waals surface area contributed by atoms with Crippen LogP contribution in [0, 0.1) is 0 Å². The van der Waals surface area contributed by atoms with Crippen LogP contribution in [0.15, 0.2) is 12.1 Å². The number of alkyl halides is 1. The molecule has 0 unspecified atom stereocenters. The number of halogens is 2. The zero-order valence-corrected chi connectivity index (χ0v) is 9.35. The van der Waals surface area contributed by atoms with Gasteiger partial charge in [0.1, 0.15) is 23.7 Å². The summed E-state index contributed by atoms with van der Waals surface area (Å²) >= 11 is 11.8. The van der Waals surface area contributed by atoms with E-state index in [4.69, 9.17) is 27.9 Å². The summed E-state index contributed by atoms with van der Waals surface area (Å²) in [6, 6.07) is 3.65. The van der Waals surface area contributed by atoms with Gasteiger partial charge < -0.3 is 9.30 Å². The van der Waals surface area contributed by atoms with Gasteiger partial charge in [0.05, 0.1) is 17.9 Å². The molecule has 2 heterocycles. The Labute approximate surface area is 96.6 Å². The minimum atomic E-state index is 0.408. The zero-order valence-electron chi connectivity index (χ0n) is 7.83. The molecule has 1 aliphatic rings. The van der Waals surface area contributed by atoms with Crippen molar-refractivity contribution in [1.29, 1.82) is 0 Å². The van der Waals surface area contributed by atoms with Gasteiger partial charge in [-0.15, -0.1) is 11.6 Å². The quantitative estimate of drug-likeness (QED) is 0.720. The van der Waals surface area contributed by atoms with Crippen molar-refractivity contribution in [3.8, 4) is 5.75 Å². The predicted octanol–water partition coefficient (Wildman–Crippen LogP) is 2.82. The monoisotopic (exact) mass is 242 g/mol. The Bertz CT molecular complexity index is 536. The van der Waals surface area contributed by atoms with Crippen molar-refractivity contribution in [2.75, 3.05) is 6.61 Å². The summed E-state index contributed by atoms with van der Waals surface area (Å²) < 4.78 is 7.64. The summed E-state index contributed by atoms with van der Waals surface area (Å²) in [6.45, 7) is 1.44. The maximum Gasteiger partial charge on any atom is 0.146 e. The number of ether oxygens (including phenoxy) is 1. The van der Waals surface area contributed by atoms with Gasteiger partial charge in [0.2, 0.25) is 0 Å². The van der Waals surface area contributed by atoms with Crippen LogP contribution in [0.4, 0.5) is 0 Å². The molecule has 2 aromatic rings. The molecule has 78 valence electrons. The smallest absolute Gasteiger partial charge is 0.146 e. The molecule has 0 amide bonds. The highest BCUT2D eigenvalue weighted by Crippen LogP contribution is 2.33. The van der Waals surface area contributed by atoms with Gasteiger partial charge in [-0.1, -0.05) is 11.6 Å². The Kier molecular flexibility index (Phi) is 2.04. The second kappa shape index (κ2) is 3.29. The van der Waals surface area contributed by atoms with E-state index in [0.717, 1.165) is 29.2 Å². The van der Waals surface area contributed by atoms with Crippen LogP contribution >= 0.6 is 23.2 Å². The van der Waals surface area contributed by atoms with Gasteiger partial charge in [0.25, 0.3) is 0 Å². The summed E-state index contributed by atoms with van der Waals surface area (Å²) in [6.07, 6.45) is 0. The number of hydrogen-bond donors (Lipinski definition) is 0. The zero-order chi connectivity index (χ0) is 10.4. The van der Waals surface area contributed by atoms with Crippen LogP contribution in [-0.2, 0) is 12.4 Å². The third kappa shape index (κ3) is 1.30. The highest BCUT2D eigenvalue weighted by Gasteiger charge is 2.19. The first kappa shape index (κ1) is 9.31. The average Bonchev–Trinajstić information content (AvgIpc) is 2.58. The first-order chi connectivity index (χ1) is 7.29. The summed E-state index contributed by atoms with van der Waals surface area (Å²) in [7, 11) is 0. The Hall–Kier alpha value is -0.930. The summed E-state index contributed by atoms with van der Waals surface area (Å²) in [5.74, 6) is 2.08. The molecule has 5 heteroatoms. The van der Waals surface area contributed by atoms with Crippen LogP contribution in [0.25, 0.3) is 11.0 Å². The molecule has 3 rings (SSSR count). The van der Waals surface area contributed by atoms with Gasteiger partial charge in [0.15, 0.2) is 0 Å². The first-order valence-corrected chi connectivity index (χ1v) is 5.58. The van der Waals surface area contributed by atoms with E-state index in [-0.39, 0.29) is 0 Å². The summed E-state index contributed by atoms with van der Waals surface area (Å²) in [5, 5.41) is 0.644. The lowest BCUT2D eigenvalue weighted by Gasteiger charge is -2.17. The topological polar surface area (TPSA) is 27.1 Å². The largest absolute Gasteiger partial charge is 0.489 e. The maximum atomic E-state index is 5.97. The second-order valence-electron chi connectivity index (χ2n) is 3.43. The molecule has 0 saturated heterocycles. The number of benzene rings is 1. The third-order valence-electron chi connectivity index (χ3n) is 2.54. The normalized spacial score (nSPS) is 14.3. The summed E-state index contributed by atoms with van der Waals surface area (Å²) in [5.41, 5.74) is 1.86. The molecule has 1 aromatic heterocycles. The SMILES string of the molecule is ClCc1nc2cc(Cl)cc3c2n1CCO3. The van der Waals surface area contributed by atoms with Crippen molar-refractivity contribution in [3.63, 3.8) is 0 Å². The fraction of sp³-hybridized carbons (Fsp3) is 0.300. The molecule has 0 atom stereocenters. The molecule has 0 N–H and O–H groups in total. The van der Waals surface area contributed by atoms with Gasteiger partial charge in [-0.2, -0.15) is 0 Å². The Morgan fingerprint density at radius 2 is 2.33 bits per heavy atom. The van der Waals surface area contributed by atoms with E-state index in [2.05, 4.69) is 9.55 Å². The van der Waals surface area contributed by atoms with Crippen molar-refractivity contribution < 1.29 is 4.74 Å². The van der Waals surface area contributed by atoms with E-state index in [1.165, 1.54) is 0 Å². The Morgan fingerprint density at radius 3 is 3.13 bits per heavy atom. The number of rotatable bonds is 1. The standard InChI is InChI=1S/C10H8Cl2N2O/c11-5-9-13-7-3-6(12)4-8-10(7)14(9)1-2-15-8/h3-4H,1-2,5H2. The highest BCUT2D eigenvalue weighted by atomic mass is 35.5. The van der Waals surface area contributed by atoms with E-state index < -0.39 is 0 Å². The van der Waals surface area contributed by atoms with Crippen LogP contribution in [0.5, 0.6) is 5.75 Å². The molecule has 0 saturated carbocycles. The van der Waals surface area contributed by atoms with E-state index in [1.54, 1.807) is 0 Å². The van der Waals surface area contributed by atoms with E-state index >= 15 is 0 Å². The lowest BCUT2D eigenvalue weighted by atomic mass is 10.2. The van der Waals surface area contributed by atoms with E-state index in [1.807, 2.05) is 12.1 Å². The van der Waals surface area contributed by atoms with E-state index in [9.17, 15) is 0 Å². The average molecular weight is 243 g/mol. The lowest BCUT2D eigenvalue weighted by Crippen LogP contribution is -2.15. The van der Waals surface area contributed by atoms with Gasteiger partial charge in [-0.3, -0.25) is 0 Å². The second-order valence-corrected chi connectivity index (χ2v) is 4.14. The molecule has 3 nitrogen and oxygen atoms in total. The number of hydrogen-bond acceptors (Lipinski definition) is 2. The number of aromatic nitrogens is 2. The molecule has 0 aliphatic carbocycles. The van der Waals surface area contributed by atoms with Crippen molar-refractivity contribution in [2.45, 2.75) is 12.4 Å². The van der Waals surface area contributed by atoms with Crippen molar-refractivity contribution in [2.24, 2.45) is 0 Å². The van der Waals surface area contributed by atoms with Crippen molar-refractivity contribution in [3.05, 3.63) is 23.0 Å². The molecular formula is C10H8Cl2N2O. The molecule has 0 spiro atoms. The Balaban J connectivity index is 2.41. The molecule has 1 aromatic carbocycles. The third-order valence-corrected chi connectivity index (χ3v) is 3.00. The minimum absolute atomic E-state index is 0.408. The molecular weight excluding hydrogens is 235 g/mol. The Morgan fingerprint density at radius 1 is 1.47 bits per heavy atom. The lowest BCUT2D eigenvalue weighted by molar-refractivity contribution is 0.285. The molecule has 0 radical (unpaired) electrons. The van der Waals surface area contributed by atoms with Crippen molar-refractivity contribution in [1.82, 2.24) is 9.55 Å². The fourth-order valence-electron chi connectivity index (χ4n) is 1.95. The molecule has 15 heavy (non-hydrogen) atoms. The van der Waals surface area contributed by atoms with Crippen LogP contribution in [0.2, 0.25) is 5.02 Å². The van der Waals surface area contributed by atoms with Gasteiger partial charge in [0, 0.05) is 11.1 Å². The van der Waals surface area contributed by atoms with Crippen LogP contribution < -0.4 is 4.74 Å². The first-order valence-electron chi connectivity index (χ1n) is 4.67. The fourth-order valence-corrected chi connectivity index (χ4v) is 2.35.